The van der Waals surface area contributed by atoms with Gasteiger partial charge >= 0.3 is 0 Å². The Morgan fingerprint density at radius 2 is 1.76 bits per heavy atom. The maximum Gasteiger partial charge on any atom is 0.280 e. The molecule has 0 bridgehead atoms. The lowest BCUT2D eigenvalue weighted by atomic mass is 10.0. The Balaban J connectivity index is 1.73. The van der Waals surface area contributed by atoms with E-state index in [-0.39, 0.29) is 5.91 Å². The van der Waals surface area contributed by atoms with Crippen molar-refractivity contribution in [3.63, 3.8) is 0 Å². The van der Waals surface area contributed by atoms with Crippen LogP contribution in [-0.2, 0) is 4.79 Å². The van der Waals surface area contributed by atoms with E-state index in [0.717, 1.165) is 22.1 Å². The quantitative estimate of drug-likeness (QED) is 0.511. The Kier molecular flexibility index (Phi) is 6.10. The molecule has 0 fully saturated rings. The number of hydrazone groups is 1. The lowest BCUT2D eigenvalue weighted by Crippen LogP contribution is -2.33. The summed E-state index contributed by atoms with van der Waals surface area (Å²) in [7, 11) is 1.64. The number of nitriles is 1. The number of carbonyl (C=O) groups excluding carboxylic acids is 1. The molecule has 6 nitrogen and oxygen atoms in total. The molecule has 0 saturated carbocycles. The summed E-state index contributed by atoms with van der Waals surface area (Å²) in [5, 5.41) is 15.0. The first kappa shape index (κ1) is 19.9. The second kappa shape index (κ2) is 8.89. The van der Waals surface area contributed by atoms with E-state index in [1.807, 2.05) is 49.4 Å². The van der Waals surface area contributed by atoms with Gasteiger partial charge in [0.05, 0.1) is 24.5 Å². The van der Waals surface area contributed by atoms with Crippen LogP contribution >= 0.6 is 0 Å². The summed E-state index contributed by atoms with van der Waals surface area (Å²) in [4.78, 5) is 12.4. The Bertz CT molecular complexity index is 1100. The number of nitrogens with one attached hydrogen (secondary N) is 1. The van der Waals surface area contributed by atoms with Crippen molar-refractivity contribution < 1.29 is 14.3 Å². The van der Waals surface area contributed by atoms with Gasteiger partial charge in [0.25, 0.3) is 5.91 Å². The topological polar surface area (TPSA) is 83.7 Å². The van der Waals surface area contributed by atoms with E-state index in [2.05, 4.69) is 10.5 Å². The summed E-state index contributed by atoms with van der Waals surface area (Å²) >= 11 is 0. The van der Waals surface area contributed by atoms with Gasteiger partial charge in [-0.05, 0) is 55.6 Å². The number of amides is 1. The molecule has 146 valence electrons. The standard InChI is InChI=1S/C23H21N3O3/c1-15(19-12-13-22(28-3)21-7-5-4-6-20(19)21)25-26-23(27)16(2)29-18-10-8-17(14-24)9-11-18/h4-13,16H,1-3H3,(H,26,27)/b25-15-/t16-/m0/s1. The third-order valence-corrected chi connectivity index (χ3v) is 4.49. The summed E-state index contributed by atoms with van der Waals surface area (Å²) in [6.07, 6.45) is -0.743. The number of fused-ring (bicyclic) bond motifs is 1. The van der Waals surface area contributed by atoms with E-state index in [4.69, 9.17) is 14.7 Å². The molecule has 1 N–H and O–H groups in total. The molecular weight excluding hydrogens is 366 g/mol. The van der Waals surface area contributed by atoms with Crippen LogP contribution in [0.25, 0.3) is 10.8 Å². The number of methoxy groups -OCH3 is 1. The first-order valence-electron chi connectivity index (χ1n) is 9.10. The molecule has 1 amide bonds. The zero-order chi connectivity index (χ0) is 20.8. The number of rotatable bonds is 6. The molecule has 0 saturated heterocycles. The average molecular weight is 387 g/mol. The van der Waals surface area contributed by atoms with E-state index < -0.39 is 6.10 Å². The molecule has 3 rings (SSSR count). The minimum atomic E-state index is -0.743. The van der Waals surface area contributed by atoms with E-state index in [1.165, 1.54) is 0 Å². The molecule has 0 radical (unpaired) electrons. The van der Waals surface area contributed by atoms with Crippen LogP contribution in [0.2, 0.25) is 0 Å². The second-order valence-corrected chi connectivity index (χ2v) is 6.43. The highest BCUT2D eigenvalue weighted by Crippen LogP contribution is 2.28. The predicted molar refractivity (Wildman–Crippen MR) is 112 cm³/mol. The molecular formula is C23H21N3O3. The average Bonchev–Trinajstić information content (AvgIpc) is 2.76. The van der Waals surface area contributed by atoms with Crippen LogP contribution in [0, 0.1) is 11.3 Å². The molecule has 0 spiro atoms. The zero-order valence-electron chi connectivity index (χ0n) is 16.5. The van der Waals surface area contributed by atoms with Crippen molar-refractivity contribution in [2.24, 2.45) is 5.10 Å². The summed E-state index contributed by atoms with van der Waals surface area (Å²) < 4.78 is 11.0. The van der Waals surface area contributed by atoms with Gasteiger partial charge in [-0.15, -0.1) is 0 Å². The molecule has 0 aliphatic rings. The zero-order valence-corrected chi connectivity index (χ0v) is 16.5. The second-order valence-electron chi connectivity index (χ2n) is 6.43. The largest absolute Gasteiger partial charge is 0.496 e. The Morgan fingerprint density at radius 1 is 1.07 bits per heavy atom. The highest BCUT2D eigenvalue weighted by Gasteiger charge is 2.15. The van der Waals surface area contributed by atoms with Crippen LogP contribution in [-0.4, -0.2) is 24.8 Å². The molecule has 3 aromatic carbocycles. The van der Waals surface area contributed by atoms with Crippen LogP contribution in [0.1, 0.15) is 25.0 Å². The predicted octanol–water partition coefficient (Wildman–Crippen LogP) is 4.03. The van der Waals surface area contributed by atoms with Crippen molar-refractivity contribution in [1.29, 1.82) is 5.26 Å². The van der Waals surface area contributed by atoms with Crippen LogP contribution < -0.4 is 14.9 Å². The first-order chi connectivity index (χ1) is 14.0. The summed E-state index contributed by atoms with van der Waals surface area (Å²) in [6.45, 7) is 3.47. The van der Waals surface area contributed by atoms with Gasteiger partial charge in [0.2, 0.25) is 0 Å². The lowest BCUT2D eigenvalue weighted by Gasteiger charge is -2.14. The summed E-state index contributed by atoms with van der Waals surface area (Å²) in [6, 6.07) is 20.3. The normalized spacial score (nSPS) is 12.1. The highest BCUT2D eigenvalue weighted by atomic mass is 16.5. The van der Waals surface area contributed by atoms with Gasteiger partial charge < -0.3 is 9.47 Å². The van der Waals surface area contributed by atoms with Gasteiger partial charge in [0, 0.05) is 10.9 Å². The van der Waals surface area contributed by atoms with E-state index >= 15 is 0 Å². The number of hydrogen-bond donors (Lipinski definition) is 1. The van der Waals surface area contributed by atoms with Crippen molar-refractivity contribution in [1.82, 2.24) is 5.43 Å². The van der Waals surface area contributed by atoms with Crippen molar-refractivity contribution in [3.8, 4) is 17.6 Å². The molecule has 0 aliphatic carbocycles. The Labute approximate surface area is 169 Å². The number of benzene rings is 3. The Morgan fingerprint density at radius 3 is 2.41 bits per heavy atom. The number of nitrogens with zero attached hydrogens (tertiary/aromatic N) is 2. The van der Waals surface area contributed by atoms with Gasteiger partial charge in [-0.2, -0.15) is 10.4 Å². The summed E-state index contributed by atoms with van der Waals surface area (Å²) in [5.74, 6) is 0.922. The number of carbonyl (C=O) groups is 1. The molecule has 3 aromatic rings. The monoisotopic (exact) mass is 387 g/mol. The third-order valence-electron chi connectivity index (χ3n) is 4.49. The van der Waals surface area contributed by atoms with Crippen molar-refractivity contribution in [2.45, 2.75) is 20.0 Å². The van der Waals surface area contributed by atoms with E-state index in [1.54, 1.807) is 38.3 Å². The van der Waals surface area contributed by atoms with Crippen molar-refractivity contribution in [3.05, 3.63) is 71.8 Å². The van der Waals surface area contributed by atoms with Crippen LogP contribution in [0.3, 0.4) is 0 Å². The first-order valence-corrected chi connectivity index (χ1v) is 9.10. The van der Waals surface area contributed by atoms with E-state index in [9.17, 15) is 4.79 Å². The Hall–Kier alpha value is -3.85. The van der Waals surface area contributed by atoms with Gasteiger partial charge in [0.1, 0.15) is 11.5 Å². The van der Waals surface area contributed by atoms with Crippen LogP contribution in [0.15, 0.2) is 65.8 Å². The highest BCUT2D eigenvalue weighted by molar-refractivity contribution is 6.11. The molecule has 0 heterocycles. The SMILES string of the molecule is COc1ccc(/C(C)=N\NC(=O)[C@H](C)Oc2ccc(C#N)cc2)c2ccccc12. The van der Waals surface area contributed by atoms with Crippen LogP contribution in [0.4, 0.5) is 0 Å². The molecule has 6 heteroatoms. The molecule has 0 aliphatic heterocycles. The van der Waals surface area contributed by atoms with Gasteiger partial charge in [-0.25, -0.2) is 5.43 Å². The summed E-state index contributed by atoms with van der Waals surface area (Å²) in [5.41, 5.74) is 4.66. The van der Waals surface area contributed by atoms with Gasteiger partial charge in [-0.3, -0.25) is 4.79 Å². The van der Waals surface area contributed by atoms with Crippen molar-refractivity contribution in [2.75, 3.05) is 7.11 Å². The molecule has 0 aromatic heterocycles. The molecule has 1 atom stereocenters. The molecule has 29 heavy (non-hydrogen) atoms. The van der Waals surface area contributed by atoms with Crippen LogP contribution in [0.5, 0.6) is 11.5 Å². The maximum absolute atomic E-state index is 12.4. The maximum atomic E-state index is 12.4. The fraction of sp³-hybridized carbons (Fsp3) is 0.174. The third kappa shape index (κ3) is 4.53. The van der Waals surface area contributed by atoms with E-state index in [0.29, 0.717) is 17.0 Å². The van der Waals surface area contributed by atoms with Gasteiger partial charge in [0.15, 0.2) is 6.10 Å². The number of hydrogen-bond acceptors (Lipinski definition) is 5. The van der Waals surface area contributed by atoms with Gasteiger partial charge in [-0.1, -0.05) is 24.3 Å². The molecule has 0 unspecified atom stereocenters. The lowest BCUT2D eigenvalue weighted by molar-refractivity contribution is -0.127. The minimum Gasteiger partial charge on any atom is -0.496 e. The van der Waals surface area contributed by atoms with Crippen molar-refractivity contribution >= 4 is 22.4 Å². The smallest absolute Gasteiger partial charge is 0.280 e. The number of ether oxygens (including phenoxy) is 2. The fourth-order valence-corrected chi connectivity index (χ4v) is 2.92. The fourth-order valence-electron chi connectivity index (χ4n) is 2.92. The minimum absolute atomic E-state index is 0.369.